The minimum Gasteiger partial charge on any atom is -0.289 e. The molecule has 0 bridgehead atoms. The number of ketones is 2. The maximum Gasteiger partial charge on any atom is 0.211 e. The predicted molar refractivity (Wildman–Crippen MR) is 52.1 cm³/mol. The second kappa shape index (κ2) is 3.45. The lowest BCUT2D eigenvalue weighted by atomic mass is 9.93. The van der Waals surface area contributed by atoms with Crippen LogP contribution in [0.3, 0.4) is 0 Å². The molecule has 0 radical (unpaired) electrons. The van der Waals surface area contributed by atoms with E-state index in [9.17, 15) is 14.5 Å². The maximum absolute atomic E-state index is 11.7. The molecule has 0 unspecified atom stereocenters. The number of rotatable bonds is 2. The number of allylic oxidation sites excluding steroid dienone is 2. The van der Waals surface area contributed by atoms with Crippen LogP contribution in [0.25, 0.3) is 0 Å². The van der Waals surface area contributed by atoms with Gasteiger partial charge in [-0.1, -0.05) is 24.3 Å². The molecule has 1 aliphatic carbocycles. The molecule has 1 aromatic rings. The first-order valence-corrected chi connectivity index (χ1v) is 4.22. The minimum absolute atomic E-state index is 0.0892. The zero-order chi connectivity index (χ0) is 10.8. The van der Waals surface area contributed by atoms with E-state index < -0.39 is 5.78 Å². The van der Waals surface area contributed by atoms with Crippen LogP contribution in [0.15, 0.2) is 41.3 Å². The van der Waals surface area contributed by atoms with Gasteiger partial charge >= 0.3 is 0 Å². The number of hydrogen-bond acceptors (Lipinski definition) is 4. The van der Waals surface area contributed by atoms with E-state index in [1.54, 1.807) is 18.2 Å². The fourth-order valence-electron chi connectivity index (χ4n) is 1.45. The fourth-order valence-corrected chi connectivity index (χ4v) is 1.45. The number of nitrogens with zero attached hydrogens (tertiary/aromatic N) is 1. The topological polar surface area (TPSA) is 75.6 Å². The molecule has 74 valence electrons. The van der Waals surface area contributed by atoms with E-state index in [0.29, 0.717) is 5.56 Å². The van der Waals surface area contributed by atoms with E-state index in [1.807, 2.05) is 5.43 Å². The van der Waals surface area contributed by atoms with E-state index in [1.165, 1.54) is 6.07 Å². The second-order valence-corrected chi connectivity index (χ2v) is 3.00. The van der Waals surface area contributed by atoms with E-state index in [-0.39, 0.29) is 17.0 Å². The van der Waals surface area contributed by atoms with Gasteiger partial charge in [0.15, 0.2) is 5.78 Å². The molecule has 2 rings (SSSR count). The van der Waals surface area contributed by atoms with Gasteiger partial charge in [-0.3, -0.25) is 9.59 Å². The Kier molecular flexibility index (Phi) is 2.13. The molecule has 1 N–H and O–H groups in total. The molecule has 0 saturated carbocycles. The van der Waals surface area contributed by atoms with Crippen molar-refractivity contribution in [1.82, 2.24) is 5.43 Å². The van der Waals surface area contributed by atoms with Gasteiger partial charge in [0, 0.05) is 17.2 Å². The van der Waals surface area contributed by atoms with Crippen LogP contribution in [0.1, 0.15) is 20.7 Å². The maximum atomic E-state index is 11.7. The van der Waals surface area contributed by atoms with Gasteiger partial charge in [0.1, 0.15) is 5.70 Å². The van der Waals surface area contributed by atoms with Crippen LogP contribution in [0, 0.1) is 4.91 Å². The SMILES string of the molecule is O=NNC1=CC(=O)c2ccccc2C1=O. The molecule has 0 saturated heterocycles. The van der Waals surface area contributed by atoms with E-state index in [2.05, 4.69) is 5.29 Å². The highest BCUT2D eigenvalue weighted by molar-refractivity contribution is 6.24. The molecule has 0 heterocycles. The van der Waals surface area contributed by atoms with Crippen molar-refractivity contribution in [1.29, 1.82) is 0 Å². The molecule has 0 fully saturated rings. The lowest BCUT2D eigenvalue weighted by Crippen LogP contribution is -2.23. The lowest BCUT2D eigenvalue weighted by molar-refractivity contribution is 0.0978. The van der Waals surface area contributed by atoms with Gasteiger partial charge in [-0.2, -0.15) is 0 Å². The van der Waals surface area contributed by atoms with Crippen molar-refractivity contribution in [3.63, 3.8) is 0 Å². The summed E-state index contributed by atoms with van der Waals surface area (Å²) in [5, 5.41) is 2.38. The van der Waals surface area contributed by atoms with Crippen molar-refractivity contribution in [3.05, 3.63) is 52.1 Å². The first-order chi connectivity index (χ1) is 7.24. The quantitative estimate of drug-likeness (QED) is 0.577. The molecular formula is C10H6N2O3. The van der Waals surface area contributed by atoms with Crippen molar-refractivity contribution in [2.75, 3.05) is 0 Å². The van der Waals surface area contributed by atoms with Crippen molar-refractivity contribution >= 4 is 11.6 Å². The summed E-state index contributed by atoms with van der Waals surface area (Å²) in [7, 11) is 0. The Balaban J connectivity index is 2.53. The number of carbonyl (C=O) groups is 2. The van der Waals surface area contributed by atoms with Crippen LogP contribution in [0.2, 0.25) is 0 Å². The molecule has 0 aliphatic heterocycles. The Labute approximate surface area is 84.7 Å². The molecule has 0 amide bonds. The van der Waals surface area contributed by atoms with E-state index >= 15 is 0 Å². The van der Waals surface area contributed by atoms with Crippen molar-refractivity contribution in [3.8, 4) is 0 Å². The number of carbonyl (C=O) groups excluding carboxylic acids is 2. The molecule has 5 heteroatoms. The highest BCUT2D eigenvalue weighted by atomic mass is 16.3. The smallest absolute Gasteiger partial charge is 0.211 e. The standard InChI is InChI=1S/C10H6N2O3/c13-9-5-8(11-12-15)10(14)7-4-2-1-3-6(7)9/h1-5H,(H,11,15). The summed E-state index contributed by atoms with van der Waals surface area (Å²) < 4.78 is 0. The van der Waals surface area contributed by atoms with Gasteiger partial charge in [0.2, 0.25) is 5.78 Å². The predicted octanol–water partition coefficient (Wildman–Crippen LogP) is 1.22. The van der Waals surface area contributed by atoms with Crippen LogP contribution < -0.4 is 5.43 Å². The molecule has 0 atom stereocenters. The summed E-state index contributed by atoms with van der Waals surface area (Å²) in [6, 6.07) is 6.43. The minimum atomic E-state index is -0.398. The molecular weight excluding hydrogens is 196 g/mol. The zero-order valence-electron chi connectivity index (χ0n) is 7.56. The number of benzene rings is 1. The highest BCUT2D eigenvalue weighted by Gasteiger charge is 2.24. The second-order valence-electron chi connectivity index (χ2n) is 3.00. The summed E-state index contributed by atoms with van der Waals surface area (Å²) in [4.78, 5) is 33.1. The number of hydrogen-bond donors (Lipinski definition) is 1. The number of nitrogens with one attached hydrogen (secondary N) is 1. The average molecular weight is 202 g/mol. The Hall–Kier alpha value is -2.30. The molecule has 0 aromatic heterocycles. The van der Waals surface area contributed by atoms with Crippen LogP contribution in [0.4, 0.5) is 0 Å². The summed E-state index contributed by atoms with van der Waals surface area (Å²) >= 11 is 0. The van der Waals surface area contributed by atoms with Crippen LogP contribution in [0.5, 0.6) is 0 Å². The summed E-state index contributed by atoms with van der Waals surface area (Å²) in [5.74, 6) is -0.707. The van der Waals surface area contributed by atoms with E-state index in [4.69, 9.17) is 0 Å². The van der Waals surface area contributed by atoms with Gasteiger partial charge < -0.3 is 0 Å². The van der Waals surface area contributed by atoms with Crippen LogP contribution in [-0.4, -0.2) is 11.6 Å². The summed E-state index contributed by atoms with van der Waals surface area (Å²) in [5.41, 5.74) is 2.51. The first-order valence-electron chi connectivity index (χ1n) is 4.22. The van der Waals surface area contributed by atoms with Crippen molar-refractivity contribution in [2.45, 2.75) is 0 Å². The van der Waals surface area contributed by atoms with E-state index in [0.717, 1.165) is 6.08 Å². The normalized spacial score (nSPS) is 14.3. The third-order valence-corrected chi connectivity index (χ3v) is 2.12. The van der Waals surface area contributed by atoms with Gasteiger partial charge in [0.05, 0.1) is 5.29 Å². The monoisotopic (exact) mass is 202 g/mol. The summed E-state index contributed by atoms with van der Waals surface area (Å²) in [6.07, 6.45) is 1.08. The molecule has 15 heavy (non-hydrogen) atoms. The molecule has 1 aromatic carbocycles. The zero-order valence-corrected chi connectivity index (χ0v) is 7.56. The molecule has 5 nitrogen and oxygen atoms in total. The number of Topliss-reactive ketones (excluding diaryl/α,β-unsaturated/α-hetero) is 1. The third kappa shape index (κ3) is 1.43. The Morgan fingerprint density at radius 3 is 2.40 bits per heavy atom. The van der Waals surface area contributed by atoms with Gasteiger partial charge in [-0.15, -0.1) is 4.91 Å². The lowest BCUT2D eigenvalue weighted by Gasteiger charge is -2.12. The Morgan fingerprint density at radius 2 is 1.73 bits per heavy atom. The number of nitroso groups, excluding NO2 is 1. The fraction of sp³-hybridized carbons (Fsp3) is 0. The first kappa shape index (κ1) is 9.26. The Morgan fingerprint density at radius 1 is 1.07 bits per heavy atom. The number of fused-ring (bicyclic) bond motifs is 1. The van der Waals surface area contributed by atoms with Gasteiger partial charge in [-0.05, 0) is 0 Å². The molecule has 1 aliphatic rings. The van der Waals surface area contributed by atoms with Crippen LogP contribution in [-0.2, 0) is 0 Å². The van der Waals surface area contributed by atoms with Crippen molar-refractivity contribution in [2.24, 2.45) is 5.29 Å². The van der Waals surface area contributed by atoms with Crippen molar-refractivity contribution < 1.29 is 9.59 Å². The molecule has 0 spiro atoms. The van der Waals surface area contributed by atoms with Gasteiger partial charge in [-0.25, -0.2) is 5.43 Å². The largest absolute Gasteiger partial charge is 0.289 e. The third-order valence-electron chi connectivity index (χ3n) is 2.12. The van der Waals surface area contributed by atoms with Crippen LogP contribution >= 0.6 is 0 Å². The van der Waals surface area contributed by atoms with Gasteiger partial charge in [0.25, 0.3) is 0 Å². The Bertz CT molecular complexity index is 491. The average Bonchev–Trinajstić information content (AvgIpc) is 2.26. The summed E-state index contributed by atoms with van der Waals surface area (Å²) in [6.45, 7) is 0. The highest BCUT2D eigenvalue weighted by Crippen LogP contribution is 2.19.